The van der Waals surface area contributed by atoms with Gasteiger partial charge in [-0.15, -0.1) is 0 Å². The molecule has 3 nitrogen and oxygen atoms in total. The summed E-state index contributed by atoms with van der Waals surface area (Å²) in [5, 5.41) is 12.8. The van der Waals surface area contributed by atoms with Crippen molar-refractivity contribution in [2.45, 2.75) is 13.1 Å². The molecule has 0 amide bonds. The zero-order valence-corrected chi connectivity index (χ0v) is 37.7. The third kappa shape index (κ3) is 5.89. The van der Waals surface area contributed by atoms with Crippen LogP contribution in [-0.4, -0.2) is 8.07 Å². The molecule has 0 saturated heterocycles. The van der Waals surface area contributed by atoms with Crippen LogP contribution in [0.25, 0.3) is 76.5 Å². The van der Waals surface area contributed by atoms with Gasteiger partial charge >= 0.3 is 0 Å². The standard InChI is InChI=1S/C62H44N2OSi/c1-66(2)59-31-17-27-51-54-40-57(64(45-22-10-5-11-23-45)56-29-16-28-52-49-26-14-15-30-58(49)65-62(52)56)48-25-13-12-24-47(48)53(54)39-55(61(51)59)50-37-34-42(38-60(50)66)41-32-35-46(36-33-41)63(43-18-6-3-7-19-43)44-20-8-4-9-21-44/h3-40H,1-2H3. The summed E-state index contributed by atoms with van der Waals surface area (Å²) in [7, 11) is -2.20. The van der Waals surface area contributed by atoms with Crippen LogP contribution in [0.3, 0.4) is 0 Å². The van der Waals surface area contributed by atoms with Crippen LogP contribution in [0, 0.1) is 0 Å². The molecule has 11 aromatic carbocycles. The highest BCUT2D eigenvalue weighted by Crippen LogP contribution is 2.48. The van der Waals surface area contributed by atoms with Crippen molar-refractivity contribution in [3.63, 3.8) is 0 Å². The Kier molecular flexibility index (Phi) is 8.67. The van der Waals surface area contributed by atoms with Gasteiger partial charge in [0.25, 0.3) is 0 Å². The monoisotopic (exact) mass is 860 g/mol. The lowest BCUT2D eigenvalue weighted by molar-refractivity contribution is 0.669. The van der Waals surface area contributed by atoms with Crippen LogP contribution in [0.1, 0.15) is 0 Å². The van der Waals surface area contributed by atoms with Crippen molar-refractivity contribution >= 4 is 107 Å². The van der Waals surface area contributed by atoms with Crippen molar-refractivity contribution in [2.24, 2.45) is 0 Å². The fourth-order valence-corrected chi connectivity index (χ4v) is 14.0. The molecule has 0 radical (unpaired) electrons. The van der Waals surface area contributed by atoms with E-state index in [9.17, 15) is 0 Å². The molecule has 2 heterocycles. The summed E-state index contributed by atoms with van der Waals surface area (Å²) < 4.78 is 6.73. The minimum atomic E-state index is -2.20. The summed E-state index contributed by atoms with van der Waals surface area (Å²) in [5.74, 6) is 0. The number of benzene rings is 11. The van der Waals surface area contributed by atoms with Crippen LogP contribution < -0.4 is 20.2 Å². The van der Waals surface area contributed by atoms with Crippen LogP contribution in [0.2, 0.25) is 13.1 Å². The lowest BCUT2D eigenvalue weighted by Gasteiger charge is -2.35. The second kappa shape index (κ2) is 14.9. The number of hydrogen-bond acceptors (Lipinski definition) is 3. The van der Waals surface area contributed by atoms with E-state index < -0.39 is 8.07 Å². The summed E-state index contributed by atoms with van der Waals surface area (Å²) in [6.45, 7) is 5.07. The smallest absolute Gasteiger partial charge is 0.159 e. The second-order valence-corrected chi connectivity index (χ2v) is 22.4. The third-order valence-electron chi connectivity index (χ3n) is 14.0. The number of nitrogens with zero attached hydrogens (tertiary/aromatic N) is 2. The molecule has 312 valence electrons. The Morgan fingerprint density at radius 3 is 1.59 bits per heavy atom. The van der Waals surface area contributed by atoms with E-state index in [2.05, 4.69) is 247 Å². The van der Waals surface area contributed by atoms with Crippen molar-refractivity contribution in [3.8, 4) is 22.3 Å². The molecule has 0 bridgehead atoms. The fraction of sp³-hybridized carbons (Fsp3) is 0.0323. The molecule has 1 aliphatic rings. The van der Waals surface area contributed by atoms with Crippen LogP contribution in [-0.2, 0) is 0 Å². The summed E-state index contributed by atoms with van der Waals surface area (Å²) in [6.07, 6.45) is 0. The van der Waals surface area contributed by atoms with Gasteiger partial charge in [0.1, 0.15) is 13.7 Å². The van der Waals surface area contributed by atoms with E-state index in [1.807, 2.05) is 6.07 Å². The predicted molar refractivity (Wildman–Crippen MR) is 283 cm³/mol. The molecule has 0 spiro atoms. The van der Waals surface area contributed by atoms with E-state index in [0.29, 0.717) is 0 Å². The molecule has 1 aromatic heterocycles. The average Bonchev–Trinajstić information content (AvgIpc) is 3.76. The van der Waals surface area contributed by atoms with Gasteiger partial charge in [0, 0.05) is 38.9 Å². The first-order valence-electron chi connectivity index (χ1n) is 22.8. The number of hydrogen-bond donors (Lipinski definition) is 0. The minimum Gasteiger partial charge on any atom is -0.454 e. The van der Waals surface area contributed by atoms with Gasteiger partial charge in [-0.3, -0.25) is 0 Å². The van der Waals surface area contributed by atoms with Crippen LogP contribution in [0.4, 0.5) is 34.1 Å². The Morgan fingerprint density at radius 1 is 0.333 bits per heavy atom. The topological polar surface area (TPSA) is 19.6 Å². The van der Waals surface area contributed by atoms with Gasteiger partial charge in [0.05, 0.1) is 11.4 Å². The van der Waals surface area contributed by atoms with Crippen LogP contribution in [0.15, 0.2) is 235 Å². The highest BCUT2D eigenvalue weighted by atomic mass is 28.3. The van der Waals surface area contributed by atoms with E-state index in [0.717, 1.165) is 56.1 Å². The van der Waals surface area contributed by atoms with Crippen molar-refractivity contribution in [1.82, 2.24) is 0 Å². The van der Waals surface area contributed by atoms with Crippen molar-refractivity contribution in [3.05, 3.63) is 231 Å². The summed E-state index contributed by atoms with van der Waals surface area (Å²) in [4.78, 5) is 4.73. The molecule has 12 aromatic rings. The van der Waals surface area contributed by atoms with E-state index in [4.69, 9.17) is 4.42 Å². The maximum Gasteiger partial charge on any atom is 0.159 e. The van der Waals surface area contributed by atoms with E-state index in [-0.39, 0.29) is 0 Å². The molecule has 0 saturated carbocycles. The maximum atomic E-state index is 6.73. The molecule has 0 fully saturated rings. The van der Waals surface area contributed by atoms with Gasteiger partial charge in [-0.05, 0) is 132 Å². The summed E-state index contributed by atoms with van der Waals surface area (Å²) in [6, 6.07) is 84.2. The zero-order valence-electron chi connectivity index (χ0n) is 36.7. The lowest BCUT2D eigenvalue weighted by atomic mass is 9.89. The van der Waals surface area contributed by atoms with Crippen molar-refractivity contribution in [1.29, 1.82) is 0 Å². The Hall–Kier alpha value is -8.18. The Bertz CT molecular complexity index is 3800. The molecule has 0 unspecified atom stereocenters. The molecular weight excluding hydrogens is 817 g/mol. The molecule has 4 heteroatoms. The quantitative estimate of drug-likeness (QED) is 0.118. The second-order valence-electron chi connectivity index (χ2n) is 18.1. The lowest BCUT2D eigenvalue weighted by Crippen LogP contribution is -2.55. The highest BCUT2D eigenvalue weighted by molar-refractivity contribution is 7.03. The molecule has 0 N–H and O–H groups in total. The number of rotatable bonds is 7. The zero-order chi connectivity index (χ0) is 43.9. The number of furan rings is 1. The number of anilines is 6. The SMILES string of the molecule is C[Si]1(C)c2cc(-c3ccc(N(c4ccccc4)c4ccccc4)cc3)ccc2-c2cc3c4ccccc4c(N(c4ccccc4)c4cccc5c4oc4ccccc45)cc3c3cccc1c23. The van der Waals surface area contributed by atoms with E-state index in [1.165, 1.54) is 64.9 Å². The third-order valence-corrected chi connectivity index (χ3v) is 17.5. The van der Waals surface area contributed by atoms with Crippen molar-refractivity contribution < 1.29 is 4.42 Å². The maximum absolute atomic E-state index is 6.73. The van der Waals surface area contributed by atoms with E-state index in [1.54, 1.807) is 0 Å². The molecule has 0 aliphatic carbocycles. The predicted octanol–water partition coefficient (Wildman–Crippen LogP) is 16.5. The van der Waals surface area contributed by atoms with Crippen LogP contribution >= 0.6 is 0 Å². The Labute approximate surface area is 385 Å². The van der Waals surface area contributed by atoms with Crippen LogP contribution in [0.5, 0.6) is 0 Å². The highest BCUT2D eigenvalue weighted by Gasteiger charge is 2.36. The Morgan fingerprint density at radius 2 is 0.879 bits per heavy atom. The molecule has 66 heavy (non-hydrogen) atoms. The number of para-hydroxylation sites is 5. The average molecular weight is 861 g/mol. The largest absolute Gasteiger partial charge is 0.454 e. The summed E-state index contributed by atoms with van der Waals surface area (Å²) in [5.41, 5.74) is 13.5. The molecule has 0 atom stereocenters. The minimum absolute atomic E-state index is 0.879. The van der Waals surface area contributed by atoms with Crippen molar-refractivity contribution in [2.75, 3.05) is 9.80 Å². The van der Waals surface area contributed by atoms with Gasteiger partial charge in [0.15, 0.2) is 5.58 Å². The first-order chi connectivity index (χ1) is 32.5. The first-order valence-corrected chi connectivity index (χ1v) is 25.8. The van der Waals surface area contributed by atoms with Gasteiger partial charge in [-0.1, -0.05) is 171 Å². The number of fused-ring (bicyclic) bond motifs is 9. The normalized spacial score (nSPS) is 12.8. The molecular formula is C62H44N2OSi. The van der Waals surface area contributed by atoms with Gasteiger partial charge in [-0.2, -0.15) is 0 Å². The fourth-order valence-electron chi connectivity index (χ4n) is 10.9. The first kappa shape index (κ1) is 38.3. The molecule has 13 rings (SSSR count). The van der Waals surface area contributed by atoms with E-state index >= 15 is 0 Å². The Balaban J connectivity index is 0.984. The van der Waals surface area contributed by atoms with Gasteiger partial charge < -0.3 is 14.2 Å². The van der Waals surface area contributed by atoms with Gasteiger partial charge in [0.2, 0.25) is 0 Å². The van der Waals surface area contributed by atoms with Gasteiger partial charge in [-0.25, -0.2) is 0 Å². The molecule has 1 aliphatic heterocycles. The summed E-state index contributed by atoms with van der Waals surface area (Å²) >= 11 is 0.